The number of nitrogens with two attached hydrogens (primary N) is 1. The second kappa shape index (κ2) is 9.42. The lowest BCUT2D eigenvalue weighted by Gasteiger charge is -2.37. The number of benzene rings is 1. The fourth-order valence-electron chi connectivity index (χ4n) is 3.97. The van der Waals surface area contributed by atoms with Crippen LogP contribution in [0, 0.1) is 5.92 Å². The number of carbonyl (C=O) groups is 2. The highest BCUT2D eigenvalue weighted by molar-refractivity contribution is 5.85. The van der Waals surface area contributed by atoms with Crippen LogP contribution in [0.2, 0.25) is 0 Å². The number of para-hydroxylation sites is 1. The van der Waals surface area contributed by atoms with Crippen molar-refractivity contribution in [3.63, 3.8) is 0 Å². The van der Waals surface area contributed by atoms with E-state index in [0.29, 0.717) is 26.1 Å². The number of nitrogens with zero attached hydrogens (tertiary/aromatic N) is 1. The number of likely N-dealkylation sites (tertiary alicyclic amines) is 1. The summed E-state index contributed by atoms with van der Waals surface area (Å²) < 4.78 is 5.66. The van der Waals surface area contributed by atoms with E-state index in [2.05, 4.69) is 5.32 Å². The van der Waals surface area contributed by atoms with Crippen LogP contribution in [0.4, 0.5) is 0 Å². The average molecular weight is 396 g/mol. The monoisotopic (exact) mass is 395 g/mol. The van der Waals surface area contributed by atoms with Crippen LogP contribution in [0.15, 0.2) is 30.3 Å². The summed E-state index contributed by atoms with van der Waals surface area (Å²) in [5.41, 5.74) is 5.87. The van der Waals surface area contributed by atoms with Gasteiger partial charge in [-0.15, -0.1) is 12.4 Å². The fraction of sp³-hybridized carbons (Fsp3) is 0.600. The van der Waals surface area contributed by atoms with Gasteiger partial charge in [-0.05, 0) is 31.9 Å². The van der Waals surface area contributed by atoms with E-state index in [1.165, 1.54) is 0 Å². The van der Waals surface area contributed by atoms with E-state index in [-0.39, 0.29) is 36.2 Å². The average Bonchev–Trinajstić information content (AvgIpc) is 2.94. The van der Waals surface area contributed by atoms with Crippen LogP contribution in [-0.4, -0.2) is 48.0 Å². The first-order valence-corrected chi connectivity index (χ1v) is 9.50. The third kappa shape index (κ3) is 5.59. The molecule has 3 unspecified atom stereocenters. The minimum atomic E-state index is -0.450. The van der Waals surface area contributed by atoms with Crippen molar-refractivity contribution in [2.75, 3.05) is 19.7 Å². The van der Waals surface area contributed by atoms with E-state index in [9.17, 15) is 9.59 Å². The zero-order valence-electron chi connectivity index (χ0n) is 15.9. The first-order chi connectivity index (χ1) is 12.5. The minimum absolute atomic E-state index is 0. The summed E-state index contributed by atoms with van der Waals surface area (Å²) in [5.74, 6) is 0.686. The molecule has 6 nitrogen and oxygen atoms in total. The standard InChI is InChI=1S/C20H29N3O3.ClH/c1-20(21)10-6-5-9-17(20)19(25)22-15-13-18(24)23(14-15)11-12-26-16-7-3-2-4-8-16;/h2-4,7-8,15,17H,5-6,9-14,21H2,1H3,(H,22,25);1H. The molecular formula is C20H30ClN3O3. The zero-order valence-corrected chi connectivity index (χ0v) is 16.7. The molecule has 1 aliphatic carbocycles. The van der Waals surface area contributed by atoms with Crippen LogP contribution in [0.3, 0.4) is 0 Å². The van der Waals surface area contributed by atoms with Crippen molar-refractivity contribution in [3.8, 4) is 5.75 Å². The van der Waals surface area contributed by atoms with Gasteiger partial charge in [-0.1, -0.05) is 31.0 Å². The van der Waals surface area contributed by atoms with Crippen molar-refractivity contribution in [3.05, 3.63) is 30.3 Å². The molecule has 2 fully saturated rings. The van der Waals surface area contributed by atoms with Crippen molar-refractivity contribution in [1.29, 1.82) is 0 Å². The topological polar surface area (TPSA) is 84.7 Å². The SMILES string of the molecule is CC1(N)CCCCC1C(=O)NC1CC(=O)N(CCOc2ccccc2)C1.Cl. The Morgan fingerprint density at radius 1 is 1.33 bits per heavy atom. The maximum atomic E-state index is 12.6. The Balaban J connectivity index is 0.00000261. The number of carbonyl (C=O) groups excluding carboxylic acids is 2. The summed E-state index contributed by atoms with van der Waals surface area (Å²) in [6, 6.07) is 9.41. The lowest BCUT2D eigenvalue weighted by Crippen LogP contribution is -2.54. The number of halogens is 1. The quantitative estimate of drug-likeness (QED) is 0.772. The van der Waals surface area contributed by atoms with E-state index < -0.39 is 5.54 Å². The van der Waals surface area contributed by atoms with Gasteiger partial charge in [0.1, 0.15) is 12.4 Å². The second-order valence-corrected chi connectivity index (χ2v) is 7.72. The van der Waals surface area contributed by atoms with Gasteiger partial charge in [-0.25, -0.2) is 0 Å². The third-order valence-electron chi connectivity index (χ3n) is 5.50. The summed E-state index contributed by atoms with van der Waals surface area (Å²) >= 11 is 0. The molecule has 0 aromatic heterocycles. The number of rotatable bonds is 6. The van der Waals surface area contributed by atoms with E-state index in [0.717, 1.165) is 31.4 Å². The molecule has 1 aromatic rings. The van der Waals surface area contributed by atoms with Crippen LogP contribution in [0.5, 0.6) is 5.75 Å². The Bertz CT molecular complexity index is 639. The van der Waals surface area contributed by atoms with Crippen molar-refractivity contribution >= 4 is 24.2 Å². The summed E-state index contributed by atoms with van der Waals surface area (Å²) in [7, 11) is 0. The van der Waals surface area contributed by atoms with Gasteiger partial charge >= 0.3 is 0 Å². The molecular weight excluding hydrogens is 366 g/mol. The van der Waals surface area contributed by atoms with Gasteiger partial charge in [0.15, 0.2) is 0 Å². The molecule has 1 saturated carbocycles. The van der Waals surface area contributed by atoms with Crippen molar-refractivity contribution < 1.29 is 14.3 Å². The molecule has 2 amide bonds. The molecule has 3 N–H and O–H groups in total. The molecule has 1 saturated heterocycles. The first-order valence-electron chi connectivity index (χ1n) is 9.50. The van der Waals surface area contributed by atoms with Gasteiger partial charge in [0, 0.05) is 18.5 Å². The Kier molecular flexibility index (Phi) is 7.50. The van der Waals surface area contributed by atoms with Crippen LogP contribution in [-0.2, 0) is 9.59 Å². The normalized spacial score (nSPS) is 27.8. The van der Waals surface area contributed by atoms with Gasteiger partial charge in [0.2, 0.25) is 11.8 Å². The Labute approximate surface area is 167 Å². The van der Waals surface area contributed by atoms with E-state index in [1.54, 1.807) is 4.90 Å². The van der Waals surface area contributed by atoms with Crippen LogP contribution in [0.25, 0.3) is 0 Å². The van der Waals surface area contributed by atoms with Gasteiger partial charge in [0.05, 0.1) is 18.5 Å². The highest BCUT2D eigenvalue weighted by Gasteiger charge is 2.39. The molecule has 0 radical (unpaired) electrons. The smallest absolute Gasteiger partial charge is 0.225 e. The molecule has 1 heterocycles. The maximum absolute atomic E-state index is 12.6. The highest BCUT2D eigenvalue weighted by atomic mass is 35.5. The Morgan fingerprint density at radius 2 is 2.07 bits per heavy atom. The Morgan fingerprint density at radius 3 is 2.78 bits per heavy atom. The predicted octanol–water partition coefficient (Wildman–Crippen LogP) is 2.11. The molecule has 3 atom stereocenters. The number of amides is 2. The second-order valence-electron chi connectivity index (χ2n) is 7.72. The van der Waals surface area contributed by atoms with Crippen LogP contribution in [0.1, 0.15) is 39.0 Å². The fourth-order valence-corrected chi connectivity index (χ4v) is 3.97. The molecule has 3 rings (SSSR count). The van der Waals surface area contributed by atoms with E-state index in [1.807, 2.05) is 37.3 Å². The lowest BCUT2D eigenvalue weighted by atomic mass is 9.74. The number of hydrogen-bond donors (Lipinski definition) is 2. The Hall–Kier alpha value is -1.79. The largest absolute Gasteiger partial charge is 0.492 e. The molecule has 0 spiro atoms. The molecule has 7 heteroatoms. The number of ether oxygens (including phenoxy) is 1. The minimum Gasteiger partial charge on any atom is -0.492 e. The third-order valence-corrected chi connectivity index (χ3v) is 5.50. The predicted molar refractivity (Wildman–Crippen MR) is 107 cm³/mol. The number of nitrogens with one attached hydrogen (secondary N) is 1. The molecule has 1 aromatic carbocycles. The van der Waals surface area contributed by atoms with Gasteiger partial charge < -0.3 is 20.7 Å². The molecule has 150 valence electrons. The molecule has 2 aliphatic rings. The summed E-state index contributed by atoms with van der Waals surface area (Å²) in [5, 5.41) is 3.05. The van der Waals surface area contributed by atoms with Crippen molar-refractivity contribution in [2.24, 2.45) is 11.7 Å². The van der Waals surface area contributed by atoms with Crippen LogP contribution >= 0.6 is 12.4 Å². The first kappa shape index (κ1) is 21.5. The summed E-state index contributed by atoms with van der Waals surface area (Å²) in [6.45, 7) is 3.47. The van der Waals surface area contributed by atoms with Crippen molar-refractivity contribution in [1.82, 2.24) is 10.2 Å². The summed E-state index contributed by atoms with van der Waals surface area (Å²) in [4.78, 5) is 26.6. The highest BCUT2D eigenvalue weighted by Crippen LogP contribution is 2.32. The van der Waals surface area contributed by atoms with Crippen molar-refractivity contribution in [2.45, 2.75) is 50.6 Å². The molecule has 0 bridgehead atoms. The van der Waals surface area contributed by atoms with Gasteiger partial charge in [0.25, 0.3) is 0 Å². The van der Waals surface area contributed by atoms with E-state index in [4.69, 9.17) is 10.5 Å². The van der Waals surface area contributed by atoms with Crippen LogP contribution < -0.4 is 15.8 Å². The summed E-state index contributed by atoms with van der Waals surface area (Å²) in [6.07, 6.45) is 4.17. The zero-order chi connectivity index (χ0) is 18.6. The lowest BCUT2D eigenvalue weighted by molar-refractivity contribution is -0.128. The van der Waals surface area contributed by atoms with Gasteiger partial charge in [-0.2, -0.15) is 0 Å². The number of hydrogen-bond acceptors (Lipinski definition) is 4. The van der Waals surface area contributed by atoms with Gasteiger partial charge in [-0.3, -0.25) is 9.59 Å². The maximum Gasteiger partial charge on any atom is 0.225 e. The molecule has 1 aliphatic heterocycles. The van der Waals surface area contributed by atoms with E-state index >= 15 is 0 Å². The molecule has 27 heavy (non-hydrogen) atoms.